The van der Waals surface area contributed by atoms with Crippen LogP contribution in [0.15, 0.2) is 39.5 Å². The van der Waals surface area contributed by atoms with E-state index in [9.17, 15) is 14.4 Å². The minimum absolute atomic E-state index is 0.124. The van der Waals surface area contributed by atoms with E-state index >= 15 is 0 Å². The van der Waals surface area contributed by atoms with Gasteiger partial charge in [-0.3, -0.25) is 9.59 Å². The number of nitrogens with one attached hydrogen (secondary N) is 1. The van der Waals surface area contributed by atoms with Gasteiger partial charge in [0.1, 0.15) is 17.1 Å². The molecule has 6 nitrogen and oxygen atoms in total. The summed E-state index contributed by atoms with van der Waals surface area (Å²) < 4.78 is 10.5. The molecule has 0 radical (unpaired) electrons. The first-order valence-corrected chi connectivity index (χ1v) is 7.95. The number of para-hydroxylation sites is 2. The van der Waals surface area contributed by atoms with Crippen molar-refractivity contribution in [2.24, 2.45) is 5.41 Å². The number of ketones is 1. The zero-order valence-electron chi connectivity index (χ0n) is 14.3. The van der Waals surface area contributed by atoms with Crippen molar-refractivity contribution in [3.8, 4) is 5.75 Å². The molecule has 0 saturated carbocycles. The number of carbonyl (C=O) groups excluding carboxylic acids is 2. The Morgan fingerprint density at radius 3 is 2.64 bits per heavy atom. The number of Topliss-reactive ketones (excluding diaryl/α,β-unsaturated/α-hetero) is 1. The van der Waals surface area contributed by atoms with E-state index in [0.717, 1.165) is 0 Å². The quantitative estimate of drug-likeness (QED) is 0.927. The van der Waals surface area contributed by atoms with Crippen molar-refractivity contribution in [2.75, 3.05) is 12.4 Å². The Morgan fingerprint density at radius 2 is 1.92 bits per heavy atom. The zero-order chi connectivity index (χ0) is 18.2. The smallest absolute Gasteiger partial charge is 0.348 e. The Balaban J connectivity index is 1.96. The minimum atomic E-state index is -0.753. The Labute approximate surface area is 144 Å². The highest BCUT2D eigenvalue weighted by Gasteiger charge is 2.34. The minimum Gasteiger partial charge on any atom is -0.495 e. The summed E-state index contributed by atoms with van der Waals surface area (Å²) in [5.41, 5.74) is -0.473. The van der Waals surface area contributed by atoms with E-state index in [0.29, 0.717) is 35.6 Å². The molecule has 1 aliphatic rings. The molecule has 1 N–H and O–H groups in total. The third-order valence-corrected chi connectivity index (χ3v) is 4.20. The Morgan fingerprint density at radius 1 is 1.20 bits per heavy atom. The molecule has 1 aromatic carbocycles. The van der Waals surface area contributed by atoms with Gasteiger partial charge in [-0.1, -0.05) is 26.0 Å². The van der Waals surface area contributed by atoms with Crippen LogP contribution in [0.4, 0.5) is 5.69 Å². The lowest BCUT2D eigenvalue weighted by Gasteiger charge is -2.28. The zero-order valence-corrected chi connectivity index (χ0v) is 14.3. The second-order valence-corrected chi connectivity index (χ2v) is 6.88. The van der Waals surface area contributed by atoms with E-state index in [1.807, 2.05) is 13.8 Å². The maximum atomic E-state index is 12.5. The number of hydrogen-bond acceptors (Lipinski definition) is 5. The fourth-order valence-corrected chi connectivity index (χ4v) is 3.00. The van der Waals surface area contributed by atoms with Crippen molar-refractivity contribution in [1.82, 2.24) is 0 Å². The molecule has 3 rings (SSSR count). The van der Waals surface area contributed by atoms with Gasteiger partial charge in [0.2, 0.25) is 0 Å². The van der Waals surface area contributed by atoms with Crippen molar-refractivity contribution < 1.29 is 18.7 Å². The van der Waals surface area contributed by atoms with Gasteiger partial charge >= 0.3 is 5.63 Å². The predicted molar refractivity (Wildman–Crippen MR) is 92.4 cm³/mol. The van der Waals surface area contributed by atoms with Crippen LogP contribution in [0, 0.1) is 5.41 Å². The number of rotatable bonds is 3. The number of benzene rings is 1. The van der Waals surface area contributed by atoms with E-state index in [4.69, 9.17) is 9.15 Å². The molecule has 0 saturated heterocycles. The number of methoxy groups -OCH3 is 1. The molecular formula is C19H19NO5. The molecule has 0 atom stereocenters. The number of fused-ring (bicyclic) bond motifs is 1. The highest BCUT2D eigenvalue weighted by atomic mass is 16.5. The maximum absolute atomic E-state index is 12.5. The third-order valence-electron chi connectivity index (χ3n) is 4.20. The molecule has 0 spiro atoms. The van der Waals surface area contributed by atoms with Gasteiger partial charge in [-0.15, -0.1) is 0 Å². The molecule has 0 fully saturated rings. The van der Waals surface area contributed by atoms with Crippen LogP contribution in [0.5, 0.6) is 5.75 Å². The molecule has 1 aromatic heterocycles. The topological polar surface area (TPSA) is 85.6 Å². The molecule has 0 bridgehead atoms. The largest absolute Gasteiger partial charge is 0.495 e. The van der Waals surface area contributed by atoms with E-state index in [1.54, 1.807) is 24.3 Å². The summed E-state index contributed by atoms with van der Waals surface area (Å²) >= 11 is 0. The average molecular weight is 341 g/mol. The third kappa shape index (κ3) is 3.33. The molecule has 2 aromatic rings. The summed E-state index contributed by atoms with van der Waals surface area (Å²) in [6.45, 7) is 3.88. The molecule has 1 aliphatic carbocycles. The molecule has 0 unspecified atom stereocenters. The van der Waals surface area contributed by atoms with Gasteiger partial charge in [0.25, 0.3) is 5.91 Å². The number of anilines is 1. The van der Waals surface area contributed by atoms with Crippen LogP contribution in [-0.4, -0.2) is 18.8 Å². The van der Waals surface area contributed by atoms with E-state index in [1.165, 1.54) is 13.2 Å². The van der Waals surface area contributed by atoms with Gasteiger partial charge < -0.3 is 14.5 Å². The highest BCUT2D eigenvalue weighted by molar-refractivity contribution is 6.07. The number of carbonyl (C=O) groups is 2. The van der Waals surface area contributed by atoms with Crippen LogP contribution >= 0.6 is 0 Å². The van der Waals surface area contributed by atoms with E-state index in [-0.39, 0.29) is 16.8 Å². The molecule has 130 valence electrons. The second-order valence-electron chi connectivity index (χ2n) is 6.88. The monoisotopic (exact) mass is 341 g/mol. The molecule has 25 heavy (non-hydrogen) atoms. The van der Waals surface area contributed by atoms with Crippen molar-refractivity contribution in [3.05, 3.63) is 57.6 Å². The van der Waals surface area contributed by atoms with Crippen molar-refractivity contribution >= 4 is 17.4 Å². The molecule has 6 heteroatoms. The van der Waals surface area contributed by atoms with Gasteiger partial charge in [-0.05, 0) is 23.6 Å². The van der Waals surface area contributed by atoms with Crippen molar-refractivity contribution in [2.45, 2.75) is 26.7 Å². The maximum Gasteiger partial charge on any atom is 0.348 e. The van der Waals surface area contributed by atoms with Gasteiger partial charge in [0.05, 0.1) is 18.4 Å². The summed E-state index contributed by atoms with van der Waals surface area (Å²) in [4.78, 5) is 37.0. The number of ether oxygens (including phenoxy) is 1. The van der Waals surface area contributed by atoms with Crippen LogP contribution in [0.3, 0.4) is 0 Å². The van der Waals surface area contributed by atoms with Crippen LogP contribution in [0.25, 0.3) is 0 Å². The predicted octanol–water partition coefficient (Wildman–Crippen LogP) is 3.06. The number of amides is 1. The fourth-order valence-electron chi connectivity index (χ4n) is 3.00. The lowest BCUT2D eigenvalue weighted by molar-refractivity contribution is 0.0897. The van der Waals surface area contributed by atoms with Crippen LogP contribution in [0.1, 0.15) is 46.7 Å². The summed E-state index contributed by atoms with van der Waals surface area (Å²) in [6.07, 6.45) is 0.832. The van der Waals surface area contributed by atoms with Gasteiger partial charge in [0.15, 0.2) is 5.78 Å². The average Bonchev–Trinajstić information content (AvgIpc) is 2.53. The normalized spacial score (nSPS) is 15.4. The lowest BCUT2D eigenvalue weighted by Crippen LogP contribution is -2.30. The van der Waals surface area contributed by atoms with Crippen LogP contribution < -0.4 is 15.7 Å². The Hall–Kier alpha value is -2.89. The van der Waals surface area contributed by atoms with E-state index in [2.05, 4.69) is 5.32 Å². The first kappa shape index (κ1) is 17.0. The van der Waals surface area contributed by atoms with Crippen LogP contribution in [0.2, 0.25) is 0 Å². The summed E-state index contributed by atoms with van der Waals surface area (Å²) in [6, 6.07) is 8.19. The van der Waals surface area contributed by atoms with Crippen LogP contribution in [-0.2, 0) is 6.42 Å². The number of hydrogen-bond donors (Lipinski definition) is 1. The molecule has 1 amide bonds. The second kappa shape index (κ2) is 6.20. The fraction of sp³-hybridized carbons (Fsp3) is 0.316. The van der Waals surface area contributed by atoms with Crippen molar-refractivity contribution in [1.29, 1.82) is 0 Å². The first-order chi connectivity index (χ1) is 11.8. The molecule has 0 aliphatic heterocycles. The van der Waals surface area contributed by atoms with E-state index < -0.39 is 11.5 Å². The summed E-state index contributed by atoms with van der Waals surface area (Å²) in [7, 11) is 1.48. The standard InChI is InChI=1S/C19H19NO5/c1-19(2)9-14(21)11-8-12(18(23)25-16(11)10-19)17(22)20-13-6-4-5-7-15(13)24-3/h4-8H,9-10H2,1-3H3,(H,20,22). The van der Waals surface area contributed by atoms with Gasteiger partial charge in [0, 0.05) is 12.8 Å². The molecule has 1 heterocycles. The Bertz CT molecular complexity index is 910. The van der Waals surface area contributed by atoms with Gasteiger partial charge in [-0.2, -0.15) is 0 Å². The van der Waals surface area contributed by atoms with Gasteiger partial charge in [-0.25, -0.2) is 4.79 Å². The Kier molecular flexibility index (Phi) is 4.20. The SMILES string of the molecule is COc1ccccc1NC(=O)c1cc2c(oc1=O)CC(C)(C)CC2=O. The summed E-state index contributed by atoms with van der Waals surface area (Å²) in [5.74, 6) is 0.0520. The lowest BCUT2D eigenvalue weighted by atomic mass is 9.76. The molecular weight excluding hydrogens is 322 g/mol. The first-order valence-electron chi connectivity index (χ1n) is 7.95. The summed E-state index contributed by atoms with van der Waals surface area (Å²) in [5, 5.41) is 2.62. The highest BCUT2D eigenvalue weighted by Crippen LogP contribution is 2.34. The van der Waals surface area contributed by atoms with Crippen molar-refractivity contribution in [3.63, 3.8) is 0 Å².